The molecule has 0 fully saturated rings. The van der Waals surface area contributed by atoms with Gasteiger partial charge in [-0.05, 0) is 36.8 Å². The highest BCUT2D eigenvalue weighted by atomic mass is 16.5. The molecule has 18 heavy (non-hydrogen) atoms. The van der Waals surface area contributed by atoms with Crippen LogP contribution in [0.25, 0.3) is 0 Å². The molecule has 3 nitrogen and oxygen atoms in total. The first-order chi connectivity index (χ1) is 8.72. The Balaban J connectivity index is 2.05. The van der Waals surface area contributed by atoms with Crippen LogP contribution in [0.3, 0.4) is 0 Å². The number of esters is 1. The summed E-state index contributed by atoms with van der Waals surface area (Å²) in [5, 5.41) is 0. The Labute approximate surface area is 108 Å². The molecule has 0 saturated heterocycles. The van der Waals surface area contributed by atoms with Crippen molar-refractivity contribution in [1.82, 2.24) is 0 Å². The molecule has 98 valence electrons. The van der Waals surface area contributed by atoms with Crippen LogP contribution in [0.2, 0.25) is 0 Å². The van der Waals surface area contributed by atoms with Crippen molar-refractivity contribution in [2.45, 2.75) is 51.2 Å². The Kier molecular flexibility index (Phi) is 4.37. The van der Waals surface area contributed by atoms with Gasteiger partial charge in [0, 0.05) is 0 Å². The summed E-state index contributed by atoms with van der Waals surface area (Å²) in [7, 11) is 0. The van der Waals surface area contributed by atoms with E-state index in [4.69, 9.17) is 10.5 Å². The number of fused-ring (bicyclic) bond motifs is 1. The van der Waals surface area contributed by atoms with Crippen molar-refractivity contribution >= 4 is 5.97 Å². The fraction of sp³-hybridized carbons (Fsp3) is 0.533. The van der Waals surface area contributed by atoms with Gasteiger partial charge in [-0.2, -0.15) is 0 Å². The first kappa shape index (κ1) is 13.1. The molecule has 1 aliphatic rings. The maximum absolute atomic E-state index is 11.9. The summed E-state index contributed by atoms with van der Waals surface area (Å²) in [6.07, 6.45) is 4.53. The van der Waals surface area contributed by atoms with Crippen molar-refractivity contribution in [3.05, 3.63) is 35.4 Å². The lowest BCUT2D eigenvalue weighted by Crippen LogP contribution is -2.33. The molecule has 3 heteroatoms. The van der Waals surface area contributed by atoms with Crippen LogP contribution in [0.1, 0.15) is 49.8 Å². The molecule has 1 aromatic carbocycles. The standard InChI is InChI=1S/C15H21NO2/c1-2-6-13(16)15(17)18-14-10-5-8-11-7-3-4-9-12(11)14/h3-4,7,9,13-14H,2,5-6,8,10,16H2,1H3. The maximum Gasteiger partial charge on any atom is 0.323 e. The fourth-order valence-corrected chi connectivity index (χ4v) is 2.49. The topological polar surface area (TPSA) is 52.3 Å². The second kappa shape index (κ2) is 6.01. The molecule has 1 aliphatic carbocycles. The number of ether oxygens (including phenoxy) is 1. The van der Waals surface area contributed by atoms with E-state index in [1.807, 2.05) is 19.1 Å². The van der Waals surface area contributed by atoms with Crippen LogP contribution in [0, 0.1) is 0 Å². The Morgan fingerprint density at radius 3 is 3.06 bits per heavy atom. The molecule has 0 amide bonds. The number of benzene rings is 1. The lowest BCUT2D eigenvalue weighted by Gasteiger charge is -2.26. The van der Waals surface area contributed by atoms with Crippen LogP contribution in [0.5, 0.6) is 0 Å². The molecule has 0 saturated carbocycles. The molecule has 0 aromatic heterocycles. The number of rotatable bonds is 4. The minimum atomic E-state index is -0.482. The Bertz CT molecular complexity index is 417. The Morgan fingerprint density at radius 1 is 1.50 bits per heavy atom. The third-order valence-electron chi connectivity index (χ3n) is 3.48. The number of carbonyl (C=O) groups is 1. The summed E-state index contributed by atoms with van der Waals surface area (Å²) in [5.74, 6) is -0.265. The number of carbonyl (C=O) groups excluding carboxylic acids is 1. The third-order valence-corrected chi connectivity index (χ3v) is 3.48. The highest BCUT2D eigenvalue weighted by molar-refractivity contribution is 5.75. The van der Waals surface area contributed by atoms with E-state index in [-0.39, 0.29) is 12.1 Å². The zero-order valence-corrected chi connectivity index (χ0v) is 10.9. The average Bonchev–Trinajstić information content (AvgIpc) is 2.39. The van der Waals surface area contributed by atoms with E-state index in [0.29, 0.717) is 6.42 Å². The van der Waals surface area contributed by atoms with Gasteiger partial charge >= 0.3 is 5.97 Å². The van der Waals surface area contributed by atoms with Crippen molar-refractivity contribution in [1.29, 1.82) is 0 Å². The molecular weight excluding hydrogens is 226 g/mol. The van der Waals surface area contributed by atoms with Crippen molar-refractivity contribution in [3.63, 3.8) is 0 Å². The van der Waals surface area contributed by atoms with Gasteiger partial charge in [0.15, 0.2) is 0 Å². The summed E-state index contributed by atoms with van der Waals surface area (Å²) < 4.78 is 5.57. The molecule has 2 N–H and O–H groups in total. The van der Waals surface area contributed by atoms with E-state index in [1.165, 1.54) is 5.56 Å². The zero-order chi connectivity index (χ0) is 13.0. The van der Waals surface area contributed by atoms with Crippen molar-refractivity contribution in [3.8, 4) is 0 Å². The summed E-state index contributed by atoms with van der Waals surface area (Å²) in [5.41, 5.74) is 8.24. The van der Waals surface area contributed by atoms with Crippen LogP contribution < -0.4 is 5.73 Å². The number of hydrogen-bond acceptors (Lipinski definition) is 3. The van der Waals surface area contributed by atoms with Gasteiger partial charge in [-0.25, -0.2) is 0 Å². The van der Waals surface area contributed by atoms with Crippen molar-refractivity contribution in [2.75, 3.05) is 0 Å². The predicted octanol–water partition coefficient (Wildman–Crippen LogP) is 2.73. The molecule has 0 bridgehead atoms. The SMILES string of the molecule is CCCC(N)C(=O)OC1CCCc2ccccc21. The van der Waals surface area contributed by atoms with E-state index in [1.54, 1.807) is 0 Å². The highest BCUT2D eigenvalue weighted by Gasteiger charge is 2.25. The van der Waals surface area contributed by atoms with Crippen molar-refractivity contribution < 1.29 is 9.53 Å². The summed E-state index contributed by atoms with van der Waals surface area (Å²) in [6.45, 7) is 2.02. The monoisotopic (exact) mass is 247 g/mol. The first-order valence-electron chi connectivity index (χ1n) is 6.76. The third kappa shape index (κ3) is 2.91. The predicted molar refractivity (Wildman–Crippen MR) is 71.1 cm³/mol. The van der Waals surface area contributed by atoms with Gasteiger partial charge in [0.1, 0.15) is 12.1 Å². The molecule has 2 rings (SSSR count). The lowest BCUT2D eigenvalue weighted by atomic mass is 9.89. The number of aryl methyl sites for hydroxylation is 1. The van der Waals surface area contributed by atoms with Gasteiger partial charge in [-0.15, -0.1) is 0 Å². The largest absolute Gasteiger partial charge is 0.456 e. The summed E-state index contributed by atoms with van der Waals surface area (Å²) in [4.78, 5) is 11.9. The lowest BCUT2D eigenvalue weighted by molar-refractivity contribution is -0.152. The van der Waals surface area contributed by atoms with E-state index in [0.717, 1.165) is 31.2 Å². The van der Waals surface area contributed by atoms with Crippen molar-refractivity contribution in [2.24, 2.45) is 5.73 Å². The van der Waals surface area contributed by atoms with E-state index in [9.17, 15) is 4.79 Å². The van der Waals surface area contributed by atoms with Crippen LogP contribution in [0.15, 0.2) is 24.3 Å². The molecule has 0 heterocycles. The van der Waals surface area contributed by atoms with Gasteiger partial charge in [-0.3, -0.25) is 4.79 Å². The van der Waals surface area contributed by atoms with Gasteiger partial charge in [0.2, 0.25) is 0 Å². The zero-order valence-electron chi connectivity index (χ0n) is 10.9. The Morgan fingerprint density at radius 2 is 2.28 bits per heavy atom. The molecule has 0 aliphatic heterocycles. The van der Waals surface area contributed by atoms with Gasteiger partial charge < -0.3 is 10.5 Å². The van der Waals surface area contributed by atoms with E-state index >= 15 is 0 Å². The minimum Gasteiger partial charge on any atom is -0.456 e. The average molecular weight is 247 g/mol. The smallest absolute Gasteiger partial charge is 0.323 e. The van der Waals surface area contributed by atoms with E-state index in [2.05, 4.69) is 12.1 Å². The second-order valence-corrected chi connectivity index (χ2v) is 4.91. The summed E-state index contributed by atoms with van der Waals surface area (Å²) in [6, 6.07) is 7.71. The van der Waals surface area contributed by atoms with Gasteiger partial charge in [0.25, 0.3) is 0 Å². The molecular formula is C15H21NO2. The van der Waals surface area contributed by atoms with E-state index < -0.39 is 6.04 Å². The number of hydrogen-bond donors (Lipinski definition) is 1. The fourth-order valence-electron chi connectivity index (χ4n) is 2.49. The van der Waals surface area contributed by atoms with Crippen LogP contribution in [-0.4, -0.2) is 12.0 Å². The normalized spacial score (nSPS) is 20.0. The number of nitrogens with two attached hydrogens (primary N) is 1. The highest BCUT2D eigenvalue weighted by Crippen LogP contribution is 2.32. The van der Waals surface area contributed by atoms with Gasteiger partial charge in [0.05, 0.1) is 0 Å². The first-order valence-corrected chi connectivity index (χ1v) is 6.76. The minimum absolute atomic E-state index is 0.106. The molecule has 2 unspecified atom stereocenters. The second-order valence-electron chi connectivity index (χ2n) is 4.91. The maximum atomic E-state index is 11.9. The van der Waals surface area contributed by atoms with Crippen LogP contribution in [-0.2, 0) is 16.0 Å². The molecule has 1 aromatic rings. The quantitative estimate of drug-likeness (QED) is 0.832. The summed E-state index contributed by atoms with van der Waals surface area (Å²) >= 11 is 0. The van der Waals surface area contributed by atoms with Crippen LogP contribution in [0.4, 0.5) is 0 Å². The Hall–Kier alpha value is -1.35. The molecule has 0 spiro atoms. The molecule has 0 radical (unpaired) electrons. The molecule has 2 atom stereocenters. The van der Waals surface area contributed by atoms with Crippen LogP contribution >= 0.6 is 0 Å². The van der Waals surface area contributed by atoms with Gasteiger partial charge in [-0.1, -0.05) is 37.6 Å².